The van der Waals surface area contributed by atoms with Crippen molar-refractivity contribution in [2.24, 2.45) is 0 Å². The van der Waals surface area contributed by atoms with Gasteiger partial charge in [-0.1, -0.05) is 45.0 Å². The first-order valence-electron chi connectivity index (χ1n) is 6.77. The third kappa shape index (κ3) is 4.55. The molecule has 0 unspecified atom stereocenters. The fourth-order valence-corrected chi connectivity index (χ4v) is 1.73. The summed E-state index contributed by atoms with van der Waals surface area (Å²) in [5, 5.41) is 11.8. The number of nitrogens with one attached hydrogen (secondary N) is 1. The molecule has 0 fully saturated rings. The molecule has 0 heterocycles. The maximum absolute atomic E-state index is 11.8. The second-order valence-electron chi connectivity index (χ2n) is 6.17. The largest absolute Gasteiger partial charge is 0.349 e. The molecule has 0 radical (unpaired) electrons. The lowest BCUT2D eigenvalue weighted by Crippen LogP contribution is -2.30. The Bertz CT molecular complexity index is 540. The van der Waals surface area contributed by atoms with Crippen LogP contribution in [0.5, 0.6) is 0 Å². The molecule has 3 heteroatoms. The molecule has 0 atom stereocenters. The van der Waals surface area contributed by atoms with Crippen LogP contribution in [0.2, 0.25) is 0 Å². The van der Waals surface area contributed by atoms with Crippen LogP contribution in [0.4, 0.5) is 0 Å². The summed E-state index contributed by atoms with van der Waals surface area (Å²) in [5.74, 6) is -0.331. The van der Waals surface area contributed by atoms with Crippen molar-refractivity contribution in [2.45, 2.75) is 46.1 Å². The van der Waals surface area contributed by atoms with Crippen LogP contribution in [0.25, 0.3) is 6.08 Å². The second kappa shape index (κ2) is 6.38. The molecule has 1 rings (SSSR count). The van der Waals surface area contributed by atoms with Crippen molar-refractivity contribution < 1.29 is 4.79 Å². The van der Waals surface area contributed by atoms with E-state index in [-0.39, 0.29) is 22.9 Å². The minimum absolute atomic E-state index is 0.0162. The number of nitriles is 1. The summed E-state index contributed by atoms with van der Waals surface area (Å²) in [7, 11) is 0. The van der Waals surface area contributed by atoms with Crippen LogP contribution in [-0.2, 0) is 10.2 Å². The smallest absolute Gasteiger partial charge is 0.262 e. The lowest BCUT2D eigenvalue weighted by atomic mass is 9.86. The minimum Gasteiger partial charge on any atom is -0.349 e. The summed E-state index contributed by atoms with van der Waals surface area (Å²) in [6, 6.07) is 9.89. The molecule has 0 spiro atoms. The Morgan fingerprint density at radius 2 is 1.80 bits per heavy atom. The van der Waals surface area contributed by atoms with Crippen molar-refractivity contribution in [3.05, 3.63) is 41.0 Å². The topological polar surface area (TPSA) is 52.9 Å². The Balaban J connectivity index is 2.97. The minimum atomic E-state index is -0.331. The quantitative estimate of drug-likeness (QED) is 0.676. The van der Waals surface area contributed by atoms with Gasteiger partial charge in [-0.2, -0.15) is 5.26 Å². The molecule has 1 aromatic carbocycles. The number of rotatable bonds is 3. The predicted molar refractivity (Wildman–Crippen MR) is 82.0 cm³/mol. The van der Waals surface area contributed by atoms with Crippen LogP contribution in [-0.4, -0.2) is 11.9 Å². The van der Waals surface area contributed by atoms with Crippen LogP contribution in [0.15, 0.2) is 29.8 Å². The SMILES string of the molecule is CC(C)NC(=O)/C(C#N)=C/c1ccc(C(C)(C)C)cc1. The van der Waals surface area contributed by atoms with Gasteiger partial charge in [-0.05, 0) is 36.5 Å². The lowest BCUT2D eigenvalue weighted by Gasteiger charge is -2.18. The number of benzene rings is 1. The van der Waals surface area contributed by atoms with Crippen molar-refractivity contribution >= 4 is 12.0 Å². The van der Waals surface area contributed by atoms with E-state index < -0.39 is 0 Å². The monoisotopic (exact) mass is 270 g/mol. The summed E-state index contributed by atoms with van der Waals surface area (Å²) >= 11 is 0. The summed E-state index contributed by atoms with van der Waals surface area (Å²) in [6.45, 7) is 10.2. The second-order valence-corrected chi connectivity index (χ2v) is 6.17. The van der Waals surface area contributed by atoms with E-state index in [9.17, 15) is 4.79 Å². The molecule has 0 aromatic heterocycles. The average Bonchev–Trinajstić information content (AvgIpc) is 2.34. The highest BCUT2D eigenvalue weighted by Crippen LogP contribution is 2.22. The molecule has 3 nitrogen and oxygen atoms in total. The Labute approximate surface area is 121 Å². The number of hydrogen-bond donors (Lipinski definition) is 1. The highest BCUT2D eigenvalue weighted by Gasteiger charge is 2.13. The molecule has 1 amide bonds. The van der Waals surface area contributed by atoms with E-state index in [0.717, 1.165) is 5.56 Å². The van der Waals surface area contributed by atoms with Gasteiger partial charge in [0.15, 0.2) is 0 Å². The van der Waals surface area contributed by atoms with Crippen LogP contribution >= 0.6 is 0 Å². The number of amides is 1. The van der Waals surface area contributed by atoms with E-state index in [1.807, 2.05) is 44.2 Å². The van der Waals surface area contributed by atoms with Gasteiger partial charge in [-0.3, -0.25) is 4.79 Å². The first-order valence-corrected chi connectivity index (χ1v) is 6.77. The highest BCUT2D eigenvalue weighted by molar-refractivity contribution is 6.01. The molecular weight excluding hydrogens is 248 g/mol. The lowest BCUT2D eigenvalue weighted by molar-refractivity contribution is -0.117. The molecule has 0 saturated heterocycles. The van der Waals surface area contributed by atoms with Gasteiger partial charge in [-0.25, -0.2) is 0 Å². The molecule has 0 bridgehead atoms. The molecule has 20 heavy (non-hydrogen) atoms. The van der Waals surface area contributed by atoms with Crippen LogP contribution < -0.4 is 5.32 Å². The zero-order chi connectivity index (χ0) is 15.3. The van der Waals surface area contributed by atoms with Gasteiger partial charge in [0, 0.05) is 6.04 Å². The van der Waals surface area contributed by atoms with Crippen LogP contribution in [0, 0.1) is 11.3 Å². The fourth-order valence-electron chi connectivity index (χ4n) is 1.73. The third-order valence-corrected chi connectivity index (χ3v) is 2.87. The predicted octanol–water partition coefficient (Wildman–Crippen LogP) is 3.42. The van der Waals surface area contributed by atoms with E-state index in [2.05, 4.69) is 26.1 Å². The normalized spacial score (nSPS) is 12.2. The molecule has 0 aliphatic rings. The Hall–Kier alpha value is -2.08. The van der Waals surface area contributed by atoms with Gasteiger partial charge in [-0.15, -0.1) is 0 Å². The standard InChI is InChI=1S/C17H22N2O/c1-12(2)19-16(20)14(11-18)10-13-6-8-15(9-7-13)17(3,4)5/h6-10,12H,1-5H3,(H,19,20)/b14-10+. The van der Waals surface area contributed by atoms with Gasteiger partial charge in [0.2, 0.25) is 0 Å². The Morgan fingerprint density at radius 1 is 1.25 bits per heavy atom. The highest BCUT2D eigenvalue weighted by atomic mass is 16.1. The molecule has 0 aliphatic heterocycles. The summed E-state index contributed by atoms with van der Waals surface area (Å²) in [5.41, 5.74) is 2.30. The first-order chi connectivity index (χ1) is 9.24. The van der Waals surface area contributed by atoms with Crippen molar-refractivity contribution in [1.82, 2.24) is 5.32 Å². The van der Waals surface area contributed by atoms with Gasteiger partial charge >= 0.3 is 0 Å². The van der Waals surface area contributed by atoms with Gasteiger partial charge in [0.05, 0.1) is 0 Å². The Morgan fingerprint density at radius 3 is 2.20 bits per heavy atom. The van der Waals surface area contributed by atoms with E-state index >= 15 is 0 Å². The fraction of sp³-hybridized carbons (Fsp3) is 0.412. The van der Waals surface area contributed by atoms with E-state index in [0.29, 0.717) is 0 Å². The molecule has 106 valence electrons. The maximum Gasteiger partial charge on any atom is 0.262 e. The first kappa shape index (κ1) is 16.0. The van der Waals surface area contributed by atoms with E-state index in [1.54, 1.807) is 6.08 Å². The number of carbonyl (C=O) groups excluding carboxylic acids is 1. The summed E-state index contributed by atoms with van der Waals surface area (Å²) in [4.78, 5) is 11.8. The van der Waals surface area contributed by atoms with Crippen LogP contribution in [0.3, 0.4) is 0 Å². The van der Waals surface area contributed by atoms with Gasteiger partial charge in [0.25, 0.3) is 5.91 Å². The number of nitrogens with zero attached hydrogens (tertiary/aromatic N) is 1. The van der Waals surface area contributed by atoms with Crippen molar-refractivity contribution in [3.63, 3.8) is 0 Å². The van der Waals surface area contributed by atoms with Gasteiger partial charge in [0.1, 0.15) is 11.6 Å². The number of hydrogen-bond acceptors (Lipinski definition) is 2. The molecule has 1 aromatic rings. The summed E-state index contributed by atoms with van der Waals surface area (Å²) in [6.07, 6.45) is 1.62. The van der Waals surface area contributed by atoms with E-state index in [1.165, 1.54) is 5.56 Å². The van der Waals surface area contributed by atoms with Crippen molar-refractivity contribution in [1.29, 1.82) is 5.26 Å². The van der Waals surface area contributed by atoms with Crippen molar-refractivity contribution in [2.75, 3.05) is 0 Å². The zero-order valence-electron chi connectivity index (χ0n) is 12.8. The third-order valence-electron chi connectivity index (χ3n) is 2.87. The summed E-state index contributed by atoms with van der Waals surface area (Å²) < 4.78 is 0. The molecule has 1 N–H and O–H groups in total. The van der Waals surface area contributed by atoms with Gasteiger partial charge < -0.3 is 5.32 Å². The average molecular weight is 270 g/mol. The van der Waals surface area contributed by atoms with E-state index in [4.69, 9.17) is 5.26 Å². The molecular formula is C17H22N2O. The van der Waals surface area contributed by atoms with Crippen LogP contribution in [0.1, 0.15) is 45.7 Å². The maximum atomic E-state index is 11.8. The van der Waals surface area contributed by atoms with Crippen molar-refractivity contribution in [3.8, 4) is 6.07 Å². The molecule has 0 saturated carbocycles. The Kier molecular flexibility index (Phi) is 5.10. The zero-order valence-corrected chi connectivity index (χ0v) is 12.8. The number of carbonyl (C=O) groups is 1. The molecule has 0 aliphatic carbocycles.